The van der Waals surface area contributed by atoms with Gasteiger partial charge in [-0.3, -0.25) is 4.79 Å². The first-order valence-electron chi connectivity index (χ1n) is 5.86. The number of benzene rings is 1. The van der Waals surface area contributed by atoms with Crippen molar-refractivity contribution in [2.24, 2.45) is 5.73 Å². The normalized spacial score (nSPS) is 11.5. The highest BCUT2D eigenvalue weighted by Crippen LogP contribution is 2.24. The number of carbonyl (C=O) groups is 1. The maximum absolute atomic E-state index is 13.1. The molecule has 0 aliphatic heterocycles. The summed E-state index contributed by atoms with van der Waals surface area (Å²) in [5.41, 5.74) is 6.21. The van der Waals surface area contributed by atoms with Crippen LogP contribution in [0.2, 0.25) is 0 Å². The fourth-order valence-corrected chi connectivity index (χ4v) is 1.46. The minimum absolute atomic E-state index is 0.198. The second-order valence-electron chi connectivity index (χ2n) is 4.02. The number of nitrogens with one attached hydrogen (secondary N) is 1. The third kappa shape index (κ3) is 4.94. The van der Waals surface area contributed by atoms with Crippen LogP contribution in [-0.4, -0.2) is 19.1 Å². The van der Waals surface area contributed by atoms with E-state index in [1.807, 2.05) is 6.07 Å². The van der Waals surface area contributed by atoms with Gasteiger partial charge >= 0.3 is 0 Å². The number of hydrogen-bond donors (Lipinski definition) is 2. The first kappa shape index (κ1) is 14.9. The Bertz CT molecular complexity index is 483. The molecule has 1 aromatic rings. The van der Waals surface area contributed by atoms with Crippen LogP contribution in [-0.2, 0) is 4.79 Å². The largest absolute Gasteiger partial charge is 0.483 e. The van der Waals surface area contributed by atoms with Gasteiger partial charge in [0.15, 0.2) is 6.61 Å². The average molecular weight is 265 g/mol. The van der Waals surface area contributed by atoms with Crippen molar-refractivity contribution in [2.45, 2.75) is 19.4 Å². The zero-order chi connectivity index (χ0) is 14.3. The molecule has 3 N–H and O–H groups in total. The van der Waals surface area contributed by atoms with Crippen molar-refractivity contribution in [3.05, 3.63) is 29.6 Å². The molecule has 0 spiro atoms. The van der Waals surface area contributed by atoms with E-state index in [1.165, 1.54) is 18.2 Å². The van der Waals surface area contributed by atoms with E-state index < -0.39 is 11.9 Å². The summed E-state index contributed by atoms with van der Waals surface area (Å²) in [6, 6.07) is 5.49. The number of nitrogens with two attached hydrogens (primary N) is 1. The molecule has 1 aromatic carbocycles. The Balaban J connectivity index is 2.58. The fourth-order valence-electron chi connectivity index (χ4n) is 1.46. The Morgan fingerprint density at radius 1 is 1.63 bits per heavy atom. The summed E-state index contributed by atoms with van der Waals surface area (Å²) < 4.78 is 18.4. The Morgan fingerprint density at radius 2 is 2.37 bits per heavy atom. The van der Waals surface area contributed by atoms with Gasteiger partial charge in [-0.05, 0) is 25.1 Å². The van der Waals surface area contributed by atoms with Crippen LogP contribution in [0.4, 0.5) is 4.39 Å². The van der Waals surface area contributed by atoms with Crippen LogP contribution in [0.5, 0.6) is 5.75 Å². The molecule has 6 heteroatoms. The van der Waals surface area contributed by atoms with Gasteiger partial charge in [0.1, 0.15) is 11.6 Å². The van der Waals surface area contributed by atoms with Gasteiger partial charge in [0.25, 0.3) is 5.91 Å². The molecule has 0 heterocycles. The molecule has 1 amide bonds. The maximum Gasteiger partial charge on any atom is 0.257 e. The number of carbonyl (C=O) groups excluding carboxylic acids is 1. The van der Waals surface area contributed by atoms with Gasteiger partial charge in [-0.15, -0.1) is 0 Å². The maximum atomic E-state index is 13.1. The van der Waals surface area contributed by atoms with Gasteiger partial charge in [0.2, 0.25) is 0 Å². The third-order valence-electron chi connectivity index (χ3n) is 2.38. The van der Waals surface area contributed by atoms with Crippen molar-refractivity contribution in [2.75, 3.05) is 13.2 Å². The minimum atomic E-state index is -0.405. The lowest BCUT2D eigenvalue weighted by Gasteiger charge is -2.13. The summed E-state index contributed by atoms with van der Waals surface area (Å²) in [4.78, 5) is 11.4. The predicted molar refractivity (Wildman–Crippen MR) is 67.7 cm³/mol. The summed E-state index contributed by atoms with van der Waals surface area (Å²) in [5, 5.41) is 10.9. The third-order valence-corrected chi connectivity index (χ3v) is 2.38. The molecule has 0 bridgehead atoms. The van der Waals surface area contributed by atoms with Crippen LogP contribution >= 0.6 is 0 Å². The Hall–Kier alpha value is -2.13. The molecule has 0 fully saturated rings. The lowest BCUT2D eigenvalue weighted by atomic mass is 10.1. The number of amides is 1. The van der Waals surface area contributed by atoms with Crippen LogP contribution in [0, 0.1) is 17.1 Å². The molecule has 5 nitrogen and oxygen atoms in total. The van der Waals surface area contributed by atoms with Gasteiger partial charge in [-0.25, -0.2) is 4.39 Å². The van der Waals surface area contributed by atoms with Gasteiger partial charge in [-0.1, -0.05) is 0 Å². The molecule has 0 saturated heterocycles. The number of hydrogen-bond acceptors (Lipinski definition) is 4. The first-order valence-corrected chi connectivity index (χ1v) is 5.86. The smallest absolute Gasteiger partial charge is 0.257 e. The van der Waals surface area contributed by atoms with Gasteiger partial charge < -0.3 is 15.8 Å². The molecule has 102 valence electrons. The van der Waals surface area contributed by atoms with Gasteiger partial charge in [0, 0.05) is 18.2 Å². The molecule has 0 aliphatic rings. The lowest BCUT2D eigenvalue weighted by molar-refractivity contribution is -0.123. The van der Waals surface area contributed by atoms with Gasteiger partial charge in [-0.2, -0.15) is 5.26 Å². The fraction of sp³-hybridized carbons (Fsp3) is 0.385. The van der Waals surface area contributed by atoms with E-state index in [0.717, 1.165) is 0 Å². The lowest BCUT2D eigenvalue weighted by Crippen LogP contribution is -2.29. The number of nitriles is 1. The molecule has 0 unspecified atom stereocenters. The number of nitrogens with zero attached hydrogens (tertiary/aromatic N) is 1. The molecule has 1 atom stereocenters. The SMILES string of the molecule is C[C@@H](N)c1cc(F)ccc1OCC(=O)NCCC#N. The molecule has 1 rings (SSSR count). The molecule has 19 heavy (non-hydrogen) atoms. The van der Waals surface area contributed by atoms with Crippen LogP contribution in [0.1, 0.15) is 24.9 Å². The monoisotopic (exact) mass is 265 g/mol. The Labute approximate surface area is 111 Å². The summed E-state index contributed by atoms with van der Waals surface area (Å²) >= 11 is 0. The van der Waals surface area contributed by atoms with Crippen molar-refractivity contribution in [3.8, 4) is 11.8 Å². The van der Waals surface area contributed by atoms with Gasteiger partial charge in [0.05, 0.1) is 12.5 Å². The predicted octanol–water partition coefficient (Wildman–Crippen LogP) is 1.25. The van der Waals surface area contributed by atoms with Crippen molar-refractivity contribution < 1.29 is 13.9 Å². The topological polar surface area (TPSA) is 88.1 Å². The number of halogens is 1. The van der Waals surface area contributed by atoms with E-state index in [2.05, 4.69) is 5.32 Å². The molecule has 0 radical (unpaired) electrons. The highest BCUT2D eigenvalue weighted by Gasteiger charge is 2.11. The second-order valence-corrected chi connectivity index (χ2v) is 4.02. The summed E-state index contributed by atoms with van der Waals surface area (Å²) in [6.07, 6.45) is 0.243. The Kier molecular flexibility index (Phi) is 5.76. The summed E-state index contributed by atoms with van der Waals surface area (Å²) in [6.45, 7) is 1.79. The summed E-state index contributed by atoms with van der Waals surface area (Å²) in [5.74, 6) is -0.361. The highest BCUT2D eigenvalue weighted by atomic mass is 19.1. The zero-order valence-corrected chi connectivity index (χ0v) is 10.6. The summed E-state index contributed by atoms with van der Waals surface area (Å²) in [7, 11) is 0. The van der Waals surface area contributed by atoms with Crippen molar-refractivity contribution >= 4 is 5.91 Å². The van der Waals surface area contributed by atoms with Crippen molar-refractivity contribution in [1.29, 1.82) is 5.26 Å². The quantitative estimate of drug-likeness (QED) is 0.758. The molecule has 0 aliphatic carbocycles. The molecular formula is C13H16FN3O2. The van der Waals surface area contributed by atoms with Crippen LogP contribution < -0.4 is 15.8 Å². The van der Waals surface area contributed by atoms with E-state index in [4.69, 9.17) is 15.7 Å². The standard InChI is InChI=1S/C13H16FN3O2/c1-9(16)11-7-10(14)3-4-12(11)19-8-13(18)17-6-2-5-15/h3-4,7,9H,2,6,8,16H2,1H3,(H,17,18)/t9-/m1/s1. The minimum Gasteiger partial charge on any atom is -0.483 e. The van der Waals surface area contributed by atoms with E-state index in [1.54, 1.807) is 6.92 Å². The number of ether oxygens (including phenoxy) is 1. The first-order chi connectivity index (χ1) is 9.04. The van der Waals surface area contributed by atoms with E-state index >= 15 is 0 Å². The van der Waals surface area contributed by atoms with E-state index in [9.17, 15) is 9.18 Å². The van der Waals surface area contributed by atoms with E-state index in [0.29, 0.717) is 11.3 Å². The van der Waals surface area contributed by atoms with Crippen LogP contribution in [0.25, 0.3) is 0 Å². The molecule has 0 saturated carbocycles. The van der Waals surface area contributed by atoms with Crippen LogP contribution in [0.3, 0.4) is 0 Å². The van der Waals surface area contributed by atoms with Crippen LogP contribution in [0.15, 0.2) is 18.2 Å². The van der Waals surface area contributed by atoms with Crippen molar-refractivity contribution in [3.63, 3.8) is 0 Å². The van der Waals surface area contributed by atoms with E-state index in [-0.39, 0.29) is 25.5 Å². The zero-order valence-electron chi connectivity index (χ0n) is 10.6. The Morgan fingerprint density at radius 3 is 3.00 bits per heavy atom. The molecular weight excluding hydrogens is 249 g/mol. The average Bonchev–Trinajstić information content (AvgIpc) is 2.37. The highest BCUT2D eigenvalue weighted by molar-refractivity contribution is 5.77. The number of rotatable bonds is 6. The molecule has 0 aromatic heterocycles. The second kappa shape index (κ2) is 7.34. The van der Waals surface area contributed by atoms with Crippen molar-refractivity contribution in [1.82, 2.24) is 5.32 Å².